The predicted octanol–water partition coefficient (Wildman–Crippen LogP) is 3.34. The van der Waals surface area contributed by atoms with Gasteiger partial charge >= 0.3 is 0 Å². The fourth-order valence-corrected chi connectivity index (χ4v) is 2.43. The van der Waals surface area contributed by atoms with E-state index in [-0.39, 0.29) is 5.69 Å². The van der Waals surface area contributed by atoms with E-state index in [0.717, 1.165) is 5.39 Å². The van der Waals surface area contributed by atoms with Crippen LogP contribution in [0.4, 0.5) is 0 Å². The number of pyridine rings is 1. The van der Waals surface area contributed by atoms with E-state index in [0.29, 0.717) is 29.4 Å². The molecule has 138 valence electrons. The van der Waals surface area contributed by atoms with Gasteiger partial charge in [-0.2, -0.15) is 0 Å². The van der Waals surface area contributed by atoms with Crippen molar-refractivity contribution in [2.24, 2.45) is 5.92 Å². The van der Waals surface area contributed by atoms with Crippen LogP contribution in [0.1, 0.15) is 34.7 Å². The number of hydrazine groups is 1. The number of ether oxygens (including phenoxy) is 1. The number of carbonyl (C=O) groups is 2. The summed E-state index contributed by atoms with van der Waals surface area (Å²) in [6.45, 7) is 4.66. The molecule has 6 nitrogen and oxygen atoms in total. The number of benzene rings is 2. The Kier molecular flexibility index (Phi) is 5.66. The molecule has 0 spiro atoms. The molecule has 0 fully saturated rings. The van der Waals surface area contributed by atoms with Gasteiger partial charge in [0.25, 0.3) is 11.8 Å². The summed E-state index contributed by atoms with van der Waals surface area (Å²) in [5.41, 5.74) is 6.12. The Bertz CT molecular complexity index is 970. The van der Waals surface area contributed by atoms with E-state index in [2.05, 4.69) is 15.8 Å². The molecule has 0 bridgehead atoms. The van der Waals surface area contributed by atoms with Gasteiger partial charge in [-0.15, -0.1) is 0 Å². The lowest BCUT2D eigenvalue weighted by Crippen LogP contribution is -2.41. The van der Waals surface area contributed by atoms with Crippen molar-refractivity contribution in [1.82, 2.24) is 15.8 Å². The third-order valence-electron chi connectivity index (χ3n) is 3.80. The summed E-state index contributed by atoms with van der Waals surface area (Å²) in [5.74, 6) is 0.0792. The molecule has 0 aliphatic carbocycles. The second-order valence-electron chi connectivity index (χ2n) is 6.53. The molecule has 6 heteroatoms. The molecule has 0 aliphatic rings. The van der Waals surface area contributed by atoms with Crippen molar-refractivity contribution in [3.05, 3.63) is 71.9 Å². The van der Waals surface area contributed by atoms with E-state index in [9.17, 15) is 9.59 Å². The van der Waals surface area contributed by atoms with Gasteiger partial charge in [-0.1, -0.05) is 44.2 Å². The lowest BCUT2D eigenvalue weighted by molar-refractivity contribution is 0.0844. The highest BCUT2D eigenvalue weighted by Crippen LogP contribution is 2.14. The van der Waals surface area contributed by atoms with E-state index in [4.69, 9.17) is 4.74 Å². The highest BCUT2D eigenvalue weighted by molar-refractivity contribution is 5.99. The Morgan fingerprint density at radius 1 is 0.963 bits per heavy atom. The minimum atomic E-state index is -0.485. The monoisotopic (exact) mass is 363 g/mol. The lowest BCUT2D eigenvalue weighted by Gasteiger charge is -2.11. The minimum absolute atomic E-state index is 0.225. The van der Waals surface area contributed by atoms with Crippen LogP contribution < -0.4 is 15.6 Å². The van der Waals surface area contributed by atoms with Gasteiger partial charge in [0.2, 0.25) is 0 Å². The maximum atomic E-state index is 12.3. The Morgan fingerprint density at radius 2 is 1.74 bits per heavy atom. The molecular weight excluding hydrogens is 342 g/mol. The molecule has 2 N–H and O–H groups in total. The average molecular weight is 363 g/mol. The van der Waals surface area contributed by atoms with Crippen LogP contribution in [0.25, 0.3) is 10.9 Å². The number of hydrogen-bond acceptors (Lipinski definition) is 4. The molecule has 3 aromatic rings. The molecule has 2 amide bonds. The van der Waals surface area contributed by atoms with E-state index in [1.54, 1.807) is 30.3 Å². The molecule has 0 radical (unpaired) electrons. The number of hydrogen-bond donors (Lipinski definition) is 2. The number of aromatic nitrogens is 1. The Balaban J connectivity index is 1.62. The Hall–Kier alpha value is -3.41. The third-order valence-corrected chi connectivity index (χ3v) is 3.80. The molecule has 1 aromatic heterocycles. The van der Waals surface area contributed by atoms with Gasteiger partial charge in [0.05, 0.1) is 12.1 Å². The average Bonchev–Trinajstić information content (AvgIpc) is 2.70. The first-order chi connectivity index (χ1) is 13.0. The molecule has 1 heterocycles. The first kappa shape index (κ1) is 18.4. The second kappa shape index (κ2) is 8.31. The van der Waals surface area contributed by atoms with Gasteiger partial charge in [0, 0.05) is 10.9 Å². The summed E-state index contributed by atoms with van der Waals surface area (Å²) in [6, 6.07) is 17.7. The summed E-state index contributed by atoms with van der Waals surface area (Å²) in [7, 11) is 0. The second-order valence-corrected chi connectivity index (χ2v) is 6.53. The van der Waals surface area contributed by atoms with Crippen LogP contribution in [0.5, 0.6) is 5.75 Å². The number of para-hydroxylation sites is 1. The maximum absolute atomic E-state index is 12.3. The summed E-state index contributed by atoms with van der Waals surface area (Å²) < 4.78 is 5.62. The number of rotatable bonds is 5. The number of nitrogens with zero attached hydrogens (tertiary/aromatic N) is 1. The first-order valence-electron chi connectivity index (χ1n) is 8.72. The third kappa shape index (κ3) is 4.82. The van der Waals surface area contributed by atoms with E-state index in [1.165, 1.54) is 0 Å². The van der Waals surface area contributed by atoms with Gasteiger partial charge in [0.1, 0.15) is 11.4 Å². The highest BCUT2D eigenvalue weighted by atomic mass is 16.5. The van der Waals surface area contributed by atoms with Crippen LogP contribution in [0, 0.1) is 5.92 Å². The largest absolute Gasteiger partial charge is 0.493 e. The van der Waals surface area contributed by atoms with Crippen LogP contribution in [0.2, 0.25) is 0 Å². The molecule has 2 aromatic carbocycles. The van der Waals surface area contributed by atoms with E-state index in [1.807, 2.05) is 44.2 Å². The topological polar surface area (TPSA) is 80.3 Å². The predicted molar refractivity (Wildman–Crippen MR) is 103 cm³/mol. The first-order valence-corrected chi connectivity index (χ1v) is 8.72. The number of nitrogens with one attached hydrogen (secondary N) is 2. The number of amides is 2. The SMILES string of the molecule is CC(C)COc1cccc(C(=O)NNC(=O)c2ccc3ccccc3n2)c1. The minimum Gasteiger partial charge on any atom is -0.493 e. The highest BCUT2D eigenvalue weighted by Gasteiger charge is 2.11. The molecule has 0 saturated carbocycles. The smallest absolute Gasteiger partial charge is 0.288 e. The van der Waals surface area contributed by atoms with Crippen LogP contribution in [0.15, 0.2) is 60.7 Å². The van der Waals surface area contributed by atoms with Crippen LogP contribution in [0.3, 0.4) is 0 Å². The molecule has 0 saturated heterocycles. The zero-order valence-electron chi connectivity index (χ0n) is 15.2. The molecule has 3 rings (SSSR count). The van der Waals surface area contributed by atoms with Crippen molar-refractivity contribution in [2.45, 2.75) is 13.8 Å². The van der Waals surface area contributed by atoms with E-state index >= 15 is 0 Å². The molecule has 0 atom stereocenters. The van der Waals surface area contributed by atoms with E-state index < -0.39 is 11.8 Å². The van der Waals surface area contributed by atoms with Crippen molar-refractivity contribution in [2.75, 3.05) is 6.61 Å². The fourth-order valence-electron chi connectivity index (χ4n) is 2.43. The summed E-state index contributed by atoms with van der Waals surface area (Å²) in [5, 5.41) is 0.941. The molecule has 0 unspecified atom stereocenters. The van der Waals surface area contributed by atoms with Crippen LogP contribution in [-0.4, -0.2) is 23.4 Å². The van der Waals surface area contributed by atoms with Crippen molar-refractivity contribution in [1.29, 1.82) is 0 Å². The normalized spacial score (nSPS) is 10.6. The van der Waals surface area contributed by atoms with Crippen molar-refractivity contribution < 1.29 is 14.3 Å². The fraction of sp³-hybridized carbons (Fsp3) is 0.190. The quantitative estimate of drug-likeness (QED) is 0.681. The van der Waals surface area contributed by atoms with Crippen LogP contribution >= 0.6 is 0 Å². The maximum Gasteiger partial charge on any atom is 0.288 e. The summed E-state index contributed by atoms with van der Waals surface area (Å²) >= 11 is 0. The zero-order chi connectivity index (χ0) is 19.2. The molecular formula is C21H21N3O3. The van der Waals surface area contributed by atoms with Gasteiger partial charge in [0.15, 0.2) is 0 Å². The molecule has 0 aliphatic heterocycles. The Labute approximate surface area is 157 Å². The standard InChI is InChI=1S/C21H21N3O3/c1-14(2)13-27-17-8-5-7-16(12-17)20(25)23-24-21(26)19-11-10-15-6-3-4-9-18(15)22-19/h3-12,14H,13H2,1-2H3,(H,23,25)(H,24,26). The van der Waals surface area contributed by atoms with Crippen LogP contribution in [-0.2, 0) is 0 Å². The van der Waals surface area contributed by atoms with Gasteiger partial charge < -0.3 is 4.74 Å². The van der Waals surface area contributed by atoms with Crippen molar-refractivity contribution >= 4 is 22.7 Å². The van der Waals surface area contributed by atoms with Gasteiger partial charge in [-0.05, 0) is 36.2 Å². The Morgan fingerprint density at radius 3 is 2.56 bits per heavy atom. The zero-order valence-corrected chi connectivity index (χ0v) is 15.2. The van der Waals surface area contributed by atoms with Gasteiger partial charge in [-0.3, -0.25) is 20.4 Å². The molecule has 27 heavy (non-hydrogen) atoms. The summed E-state index contributed by atoms with van der Waals surface area (Å²) in [4.78, 5) is 28.8. The lowest BCUT2D eigenvalue weighted by atomic mass is 10.2. The van der Waals surface area contributed by atoms with Crippen molar-refractivity contribution in [3.63, 3.8) is 0 Å². The summed E-state index contributed by atoms with van der Waals surface area (Å²) in [6.07, 6.45) is 0. The van der Waals surface area contributed by atoms with Gasteiger partial charge in [-0.25, -0.2) is 4.98 Å². The number of carbonyl (C=O) groups excluding carboxylic acids is 2. The number of fused-ring (bicyclic) bond motifs is 1. The van der Waals surface area contributed by atoms with Crippen molar-refractivity contribution in [3.8, 4) is 5.75 Å².